The molecule has 0 spiro atoms. The molecule has 2 aromatic carbocycles. The Balaban J connectivity index is 2.25. The maximum absolute atomic E-state index is 12.4. The highest BCUT2D eigenvalue weighted by Gasteiger charge is 2.29. The van der Waals surface area contributed by atoms with E-state index in [0.29, 0.717) is 5.02 Å². The Morgan fingerprint density at radius 3 is 2.43 bits per heavy atom. The van der Waals surface area contributed by atoms with Crippen molar-refractivity contribution in [2.75, 3.05) is 13.7 Å². The first-order valence-electron chi connectivity index (χ1n) is 6.84. The SMILES string of the molecule is CO[C@](C)(CNS(=O)(=O)c1ccccc1Cl)c1cccc(Cl)c1. The van der Waals surface area contributed by atoms with Crippen molar-refractivity contribution < 1.29 is 13.2 Å². The molecule has 0 aliphatic heterocycles. The highest BCUT2D eigenvalue weighted by Crippen LogP contribution is 2.27. The molecule has 1 atom stereocenters. The topological polar surface area (TPSA) is 55.4 Å². The monoisotopic (exact) mass is 373 g/mol. The Hall–Kier alpha value is -1.11. The van der Waals surface area contributed by atoms with E-state index in [1.807, 2.05) is 6.07 Å². The molecular formula is C16H17Cl2NO3S. The van der Waals surface area contributed by atoms with Crippen molar-refractivity contribution in [1.82, 2.24) is 4.72 Å². The predicted octanol–water partition coefficient (Wildman–Crippen LogP) is 3.83. The van der Waals surface area contributed by atoms with Gasteiger partial charge in [0.05, 0.1) is 5.02 Å². The van der Waals surface area contributed by atoms with Gasteiger partial charge in [-0.1, -0.05) is 47.5 Å². The minimum absolute atomic E-state index is 0.0335. The van der Waals surface area contributed by atoms with E-state index < -0.39 is 15.6 Å². The molecule has 124 valence electrons. The number of hydrogen-bond donors (Lipinski definition) is 1. The van der Waals surface area contributed by atoms with Gasteiger partial charge < -0.3 is 4.74 Å². The van der Waals surface area contributed by atoms with Crippen molar-refractivity contribution in [3.8, 4) is 0 Å². The smallest absolute Gasteiger partial charge is 0.242 e. The van der Waals surface area contributed by atoms with Crippen LogP contribution in [0.1, 0.15) is 12.5 Å². The van der Waals surface area contributed by atoms with E-state index in [1.165, 1.54) is 19.2 Å². The standard InChI is InChI=1S/C16H17Cl2NO3S/c1-16(22-2,12-6-5-7-13(17)10-12)11-19-23(20,21)15-9-4-3-8-14(15)18/h3-10,19H,11H2,1-2H3/t16-/m1/s1. The van der Waals surface area contributed by atoms with Gasteiger partial charge in [-0.15, -0.1) is 0 Å². The predicted molar refractivity (Wildman–Crippen MR) is 92.5 cm³/mol. The fourth-order valence-electron chi connectivity index (χ4n) is 2.08. The normalized spacial score (nSPS) is 14.4. The second kappa shape index (κ2) is 7.20. The van der Waals surface area contributed by atoms with Gasteiger partial charge in [0, 0.05) is 18.7 Å². The van der Waals surface area contributed by atoms with Crippen LogP contribution >= 0.6 is 23.2 Å². The summed E-state index contributed by atoms with van der Waals surface area (Å²) >= 11 is 12.0. The maximum atomic E-state index is 12.4. The molecule has 0 saturated heterocycles. The van der Waals surface area contributed by atoms with Crippen molar-refractivity contribution in [3.63, 3.8) is 0 Å². The van der Waals surface area contributed by atoms with E-state index in [1.54, 1.807) is 37.3 Å². The maximum Gasteiger partial charge on any atom is 0.242 e. The van der Waals surface area contributed by atoms with Gasteiger partial charge in [0.2, 0.25) is 10.0 Å². The third kappa shape index (κ3) is 4.25. The minimum atomic E-state index is -3.75. The Kier molecular flexibility index (Phi) is 5.70. The first-order chi connectivity index (χ1) is 10.8. The molecule has 0 heterocycles. The quantitative estimate of drug-likeness (QED) is 0.836. The summed E-state index contributed by atoms with van der Waals surface area (Å²) in [5, 5.41) is 0.724. The van der Waals surface area contributed by atoms with E-state index in [2.05, 4.69) is 4.72 Å². The number of halogens is 2. The summed E-state index contributed by atoms with van der Waals surface area (Å²) < 4.78 is 32.9. The summed E-state index contributed by atoms with van der Waals surface area (Å²) in [5.74, 6) is 0. The number of benzene rings is 2. The molecule has 23 heavy (non-hydrogen) atoms. The zero-order valence-corrected chi connectivity index (χ0v) is 15.0. The summed E-state index contributed by atoms with van der Waals surface area (Å²) in [6.07, 6.45) is 0. The van der Waals surface area contributed by atoms with Crippen LogP contribution in [-0.2, 0) is 20.4 Å². The molecule has 0 aromatic heterocycles. The lowest BCUT2D eigenvalue weighted by molar-refractivity contribution is 0.00699. The Morgan fingerprint density at radius 1 is 1.13 bits per heavy atom. The van der Waals surface area contributed by atoms with Gasteiger partial charge in [0.25, 0.3) is 0 Å². The Bertz CT molecular complexity index is 795. The third-order valence-electron chi connectivity index (χ3n) is 3.61. The lowest BCUT2D eigenvalue weighted by Gasteiger charge is -2.29. The van der Waals surface area contributed by atoms with Gasteiger partial charge in [-0.2, -0.15) is 0 Å². The molecule has 4 nitrogen and oxygen atoms in total. The van der Waals surface area contributed by atoms with Crippen LogP contribution in [0.4, 0.5) is 0 Å². The molecular weight excluding hydrogens is 357 g/mol. The molecule has 2 aromatic rings. The molecule has 0 saturated carbocycles. The number of methoxy groups -OCH3 is 1. The largest absolute Gasteiger partial charge is 0.372 e. The van der Waals surface area contributed by atoms with Gasteiger partial charge in [-0.05, 0) is 36.8 Å². The van der Waals surface area contributed by atoms with Crippen molar-refractivity contribution in [2.24, 2.45) is 0 Å². The van der Waals surface area contributed by atoms with Crippen LogP contribution in [-0.4, -0.2) is 22.1 Å². The van der Waals surface area contributed by atoms with Gasteiger partial charge >= 0.3 is 0 Å². The van der Waals surface area contributed by atoms with Crippen LogP contribution in [0.25, 0.3) is 0 Å². The fraction of sp³-hybridized carbons (Fsp3) is 0.250. The lowest BCUT2D eigenvalue weighted by atomic mass is 9.96. The fourth-order valence-corrected chi connectivity index (χ4v) is 3.92. The van der Waals surface area contributed by atoms with Crippen LogP contribution < -0.4 is 4.72 Å². The Morgan fingerprint density at radius 2 is 1.83 bits per heavy atom. The molecule has 0 aliphatic carbocycles. The van der Waals surface area contributed by atoms with Crippen LogP contribution in [0.15, 0.2) is 53.4 Å². The molecule has 0 unspecified atom stereocenters. The highest BCUT2D eigenvalue weighted by atomic mass is 35.5. The van der Waals surface area contributed by atoms with Crippen molar-refractivity contribution in [2.45, 2.75) is 17.4 Å². The van der Waals surface area contributed by atoms with Crippen molar-refractivity contribution >= 4 is 33.2 Å². The third-order valence-corrected chi connectivity index (χ3v) is 5.75. The molecule has 0 bridgehead atoms. The average molecular weight is 374 g/mol. The van der Waals surface area contributed by atoms with E-state index in [9.17, 15) is 8.42 Å². The molecule has 7 heteroatoms. The second-order valence-electron chi connectivity index (χ2n) is 5.20. The molecule has 0 amide bonds. The van der Waals surface area contributed by atoms with Crippen LogP contribution in [0.5, 0.6) is 0 Å². The summed E-state index contributed by atoms with van der Waals surface area (Å²) in [5.41, 5.74) is -0.0893. The first kappa shape index (κ1) is 18.2. The van der Waals surface area contributed by atoms with Gasteiger partial charge in [0.1, 0.15) is 10.5 Å². The number of nitrogens with one attached hydrogen (secondary N) is 1. The van der Waals surface area contributed by atoms with E-state index >= 15 is 0 Å². The van der Waals surface area contributed by atoms with Crippen LogP contribution in [0.2, 0.25) is 10.0 Å². The Labute approximate surface area is 146 Å². The van der Waals surface area contributed by atoms with Crippen LogP contribution in [0, 0.1) is 0 Å². The molecule has 1 N–H and O–H groups in total. The van der Waals surface area contributed by atoms with E-state index in [0.717, 1.165) is 5.56 Å². The van der Waals surface area contributed by atoms with E-state index in [4.69, 9.17) is 27.9 Å². The molecule has 0 aliphatic rings. The first-order valence-corrected chi connectivity index (χ1v) is 9.08. The summed E-state index contributed by atoms with van der Waals surface area (Å²) in [6, 6.07) is 13.4. The van der Waals surface area contributed by atoms with E-state index in [-0.39, 0.29) is 16.5 Å². The van der Waals surface area contributed by atoms with Crippen molar-refractivity contribution in [3.05, 3.63) is 64.1 Å². The zero-order chi connectivity index (χ0) is 17.1. The average Bonchev–Trinajstić information content (AvgIpc) is 2.53. The van der Waals surface area contributed by atoms with Gasteiger partial charge in [0.15, 0.2) is 0 Å². The minimum Gasteiger partial charge on any atom is -0.372 e. The number of sulfonamides is 1. The van der Waals surface area contributed by atoms with Crippen molar-refractivity contribution in [1.29, 1.82) is 0 Å². The number of hydrogen-bond acceptors (Lipinski definition) is 3. The summed E-state index contributed by atoms with van der Waals surface area (Å²) in [7, 11) is -2.23. The van der Waals surface area contributed by atoms with Gasteiger partial charge in [-0.25, -0.2) is 13.1 Å². The molecule has 0 radical (unpaired) electrons. The van der Waals surface area contributed by atoms with Crippen LogP contribution in [0.3, 0.4) is 0 Å². The second-order valence-corrected chi connectivity index (χ2v) is 7.78. The molecule has 0 fully saturated rings. The molecule has 2 rings (SSSR count). The van der Waals surface area contributed by atoms with Gasteiger partial charge in [-0.3, -0.25) is 0 Å². The number of rotatable bonds is 6. The number of ether oxygens (including phenoxy) is 1. The zero-order valence-electron chi connectivity index (χ0n) is 12.7. The summed E-state index contributed by atoms with van der Waals surface area (Å²) in [6.45, 7) is 1.82. The highest BCUT2D eigenvalue weighted by molar-refractivity contribution is 7.89. The summed E-state index contributed by atoms with van der Waals surface area (Å²) in [4.78, 5) is 0.0335. The lowest BCUT2D eigenvalue weighted by Crippen LogP contribution is -2.40.